The summed E-state index contributed by atoms with van der Waals surface area (Å²) in [6.45, 7) is 4.05. The number of benzene rings is 1. The molecule has 15 heavy (non-hydrogen) atoms. The summed E-state index contributed by atoms with van der Waals surface area (Å²) in [6.07, 6.45) is 0. The minimum absolute atomic E-state index is 0.256. The lowest BCUT2D eigenvalue weighted by Gasteiger charge is -2.25. The molecule has 0 atom stereocenters. The topological polar surface area (TPSA) is 50.8 Å². The first-order chi connectivity index (χ1) is 7.11. The van der Waals surface area contributed by atoms with Gasteiger partial charge in [0.15, 0.2) is 0 Å². The molecule has 0 bridgehead atoms. The molecule has 0 aromatic heterocycles. The number of hydrogen-bond donors (Lipinski definition) is 0. The highest BCUT2D eigenvalue weighted by Gasteiger charge is 2.14. The largest absolute Gasteiger partial charge is 0.370 e. The Hall–Kier alpha value is -2.00. The molecule has 0 aliphatic carbocycles. The lowest BCUT2D eigenvalue weighted by atomic mass is 10.1. The summed E-state index contributed by atoms with van der Waals surface area (Å²) < 4.78 is 0. The van der Waals surface area contributed by atoms with E-state index < -0.39 is 0 Å². The van der Waals surface area contributed by atoms with E-state index in [1.165, 1.54) is 0 Å². The molecule has 0 unspecified atom stereocenters. The summed E-state index contributed by atoms with van der Waals surface area (Å²) in [5.41, 5.74) is 1.81. The number of nitriles is 2. The standard InChI is InChI=1S/C12H13N3/c1-9(2)15(3)12-10(7-13)5-4-6-11(12)8-14/h4-6,9H,1-3H3. The first kappa shape index (κ1) is 11.1. The van der Waals surface area contributed by atoms with Crippen LogP contribution in [0, 0.1) is 22.7 Å². The second kappa shape index (κ2) is 4.48. The highest BCUT2D eigenvalue weighted by Crippen LogP contribution is 2.25. The van der Waals surface area contributed by atoms with Crippen molar-refractivity contribution in [1.82, 2.24) is 0 Å². The molecule has 0 spiro atoms. The lowest BCUT2D eigenvalue weighted by Crippen LogP contribution is -2.27. The third-order valence-electron chi connectivity index (χ3n) is 2.40. The molecule has 0 radical (unpaired) electrons. The summed E-state index contributed by atoms with van der Waals surface area (Å²) in [4.78, 5) is 1.94. The molecular formula is C12H13N3. The summed E-state index contributed by atoms with van der Waals surface area (Å²) in [5, 5.41) is 18.0. The maximum absolute atomic E-state index is 8.98. The van der Waals surface area contributed by atoms with Gasteiger partial charge in [-0.25, -0.2) is 0 Å². The Labute approximate surface area is 90.2 Å². The van der Waals surface area contributed by atoms with Crippen LogP contribution >= 0.6 is 0 Å². The Bertz CT molecular complexity index is 403. The van der Waals surface area contributed by atoms with Gasteiger partial charge in [0.1, 0.15) is 12.1 Å². The van der Waals surface area contributed by atoms with Crippen LogP contribution in [-0.2, 0) is 0 Å². The molecule has 3 nitrogen and oxygen atoms in total. The quantitative estimate of drug-likeness (QED) is 0.734. The average molecular weight is 199 g/mol. The molecule has 0 N–H and O–H groups in total. The summed E-state index contributed by atoms with van der Waals surface area (Å²) in [6, 6.07) is 9.68. The predicted octanol–water partition coefficient (Wildman–Crippen LogP) is 2.27. The van der Waals surface area contributed by atoms with Gasteiger partial charge in [-0.05, 0) is 26.0 Å². The van der Waals surface area contributed by atoms with Crippen LogP contribution in [0.5, 0.6) is 0 Å². The molecule has 0 heterocycles. The van der Waals surface area contributed by atoms with Crippen molar-refractivity contribution in [3.63, 3.8) is 0 Å². The van der Waals surface area contributed by atoms with E-state index in [0.29, 0.717) is 11.1 Å². The van der Waals surface area contributed by atoms with Crippen molar-refractivity contribution >= 4 is 5.69 Å². The van der Waals surface area contributed by atoms with Crippen LogP contribution in [0.3, 0.4) is 0 Å². The van der Waals surface area contributed by atoms with Gasteiger partial charge < -0.3 is 4.90 Å². The fraction of sp³-hybridized carbons (Fsp3) is 0.333. The Kier molecular flexibility index (Phi) is 3.31. The van der Waals surface area contributed by atoms with E-state index in [-0.39, 0.29) is 6.04 Å². The van der Waals surface area contributed by atoms with Gasteiger partial charge in [-0.3, -0.25) is 0 Å². The van der Waals surface area contributed by atoms with Crippen LogP contribution in [0.2, 0.25) is 0 Å². The van der Waals surface area contributed by atoms with E-state index in [1.807, 2.05) is 25.8 Å². The van der Waals surface area contributed by atoms with Gasteiger partial charge >= 0.3 is 0 Å². The van der Waals surface area contributed by atoms with Crippen molar-refractivity contribution < 1.29 is 0 Å². The molecule has 3 heteroatoms. The first-order valence-corrected chi connectivity index (χ1v) is 4.77. The van der Waals surface area contributed by atoms with E-state index in [1.54, 1.807) is 18.2 Å². The number of hydrogen-bond acceptors (Lipinski definition) is 3. The second-order valence-corrected chi connectivity index (χ2v) is 3.63. The normalized spacial score (nSPS) is 9.47. The monoisotopic (exact) mass is 199 g/mol. The van der Waals surface area contributed by atoms with Gasteiger partial charge in [0.05, 0.1) is 16.8 Å². The van der Waals surface area contributed by atoms with Crippen molar-refractivity contribution in [1.29, 1.82) is 10.5 Å². The number of para-hydroxylation sites is 1. The minimum atomic E-state index is 0.256. The minimum Gasteiger partial charge on any atom is -0.370 e. The van der Waals surface area contributed by atoms with Crippen molar-refractivity contribution in [2.24, 2.45) is 0 Å². The van der Waals surface area contributed by atoms with Crippen molar-refractivity contribution in [2.75, 3.05) is 11.9 Å². The third kappa shape index (κ3) is 2.08. The highest BCUT2D eigenvalue weighted by molar-refractivity contribution is 5.68. The van der Waals surface area contributed by atoms with Crippen molar-refractivity contribution in [3.8, 4) is 12.1 Å². The maximum Gasteiger partial charge on any atom is 0.101 e. The predicted molar refractivity (Wildman–Crippen MR) is 59.4 cm³/mol. The Morgan fingerprint density at radius 1 is 1.13 bits per heavy atom. The molecule has 76 valence electrons. The fourth-order valence-electron chi connectivity index (χ4n) is 1.36. The van der Waals surface area contributed by atoms with E-state index >= 15 is 0 Å². The molecule has 1 aromatic rings. The van der Waals surface area contributed by atoms with Crippen molar-refractivity contribution in [2.45, 2.75) is 19.9 Å². The van der Waals surface area contributed by atoms with Crippen LogP contribution in [0.15, 0.2) is 18.2 Å². The van der Waals surface area contributed by atoms with E-state index in [2.05, 4.69) is 12.1 Å². The zero-order valence-corrected chi connectivity index (χ0v) is 9.15. The number of anilines is 1. The Balaban J connectivity index is 3.38. The number of rotatable bonds is 2. The first-order valence-electron chi connectivity index (χ1n) is 4.77. The van der Waals surface area contributed by atoms with Crippen LogP contribution in [-0.4, -0.2) is 13.1 Å². The molecule has 0 aliphatic rings. The van der Waals surface area contributed by atoms with Crippen LogP contribution < -0.4 is 4.90 Å². The molecule has 0 saturated carbocycles. The van der Waals surface area contributed by atoms with Gasteiger partial charge in [-0.15, -0.1) is 0 Å². The maximum atomic E-state index is 8.98. The molecular weight excluding hydrogens is 186 g/mol. The van der Waals surface area contributed by atoms with Gasteiger partial charge in [0.2, 0.25) is 0 Å². The summed E-state index contributed by atoms with van der Waals surface area (Å²) >= 11 is 0. The van der Waals surface area contributed by atoms with Gasteiger partial charge in [-0.2, -0.15) is 10.5 Å². The van der Waals surface area contributed by atoms with E-state index in [4.69, 9.17) is 10.5 Å². The molecule has 0 amide bonds. The Morgan fingerprint density at radius 2 is 1.60 bits per heavy atom. The van der Waals surface area contributed by atoms with Crippen molar-refractivity contribution in [3.05, 3.63) is 29.3 Å². The zero-order valence-electron chi connectivity index (χ0n) is 9.15. The average Bonchev–Trinajstić information content (AvgIpc) is 2.26. The smallest absolute Gasteiger partial charge is 0.101 e. The van der Waals surface area contributed by atoms with Crippen LogP contribution in [0.4, 0.5) is 5.69 Å². The zero-order chi connectivity index (χ0) is 11.4. The number of nitrogens with zero attached hydrogens (tertiary/aromatic N) is 3. The van der Waals surface area contributed by atoms with Crippen LogP contribution in [0.1, 0.15) is 25.0 Å². The van der Waals surface area contributed by atoms with Gasteiger partial charge in [-0.1, -0.05) is 6.07 Å². The molecule has 0 fully saturated rings. The Morgan fingerprint density at radius 3 is 1.93 bits per heavy atom. The molecule has 1 aromatic carbocycles. The SMILES string of the molecule is CC(C)N(C)c1c(C#N)cccc1C#N. The van der Waals surface area contributed by atoms with Gasteiger partial charge in [0, 0.05) is 13.1 Å². The highest BCUT2D eigenvalue weighted by atomic mass is 15.1. The lowest BCUT2D eigenvalue weighted by molar-refractivity contribution is 0.753. The second-order valence-electron chi connectivity index (χ2n) is 3.63. The summed E-state index contributed by atoms with van der Waals surface area (Å²) in [7, 11) is 1.89. The van der Waals surface area contributed by atoms with E-state index in [9.17, 15) is 0 Å². The fourth-order valence-corrected chi connectivity index (χ4v) is 1.36. The molecule has 0 aliphatic heterocycles. The third-order valence-corrected chi connectivity index (χ3v) is 2.40. The van der Waals surface area contributed by atoms with E-state index in [0.717, 1.165) is 5.69 Å². The summed E-state index contributed by atoms with van der Waals surface area (Å²) in [5.74, 6) is 0. The molecule has 1 rings (SSSR count). The van der Waals surface area contributed by atoms with Crippen LogP contribution in [0.25, 0.3) is 0 Å². The molecule has 0 saturated heterocycles. The van der Waals surface area contributed by atoms with Gasteiger partial charge in [0.25, 0.3) is 0 Å².